The molecule has 0 saturated carbocycles. The van der Waals surface area contributed by atoms with E-state index in [1.807, 2.05) is 42.5 Å². The topological polar surface area (TPSA) is 64.5 Å². The van der Waals surface area contributed by atoms with E-state index in [-0.39, 0.29) is 0 Å². The molecule has 0 aliphatic carbocycles. The van der Waals surface area contributed by atoms with E-state index in [4.69, 9.17) is 0 Å². The molecule has 0 amide bonds. The number of halogens is 1. The summed E-state index contributed by atoms with van der Waals surface area (Å²) in [5.41, 5.74) is 4.06. The molecule has 0 unspecified atom stereocenters. The summed E-state index contributed by atoms with van der Waals surface area (Å²) in [6.07, 6.45) is 8.72. The first-order valence-electron chi connectivity index (χ1n) is 7.62. The van der Waals surface area contributed by atoms with Gasteiger partial charge in [-0.1, -0.05) is 12.1 Å². The summed E-state index contributed by atoms with van der Waals surface area (Å²) in [7, 11) is 0. The van der Waals surface area contributed by atoms with Crippen LogP contribution in [-0.4, -0.2) is 24.9 Å². The second-order valence-corrected chi connectivity index (χ2v) is 6.15. The first kappa shape index (κ1) is 15.5. The molecule has 0 atom stereocenters. The van der Waals surface area contributed by atoms with Crippen LogP contribution in [0.15, 0.2) is 77.9 Å². The van der Waals surface area contributed by atoms with Crippen LogP contribution in [0.4, 0.5) is 0 Å². The third-order valence-electron chi connectivity index (χ3n) is 3.64. The Bertz CT molecular complexity index is 989. The molecule has 0 N–H and O–H groups in total. The Kier molecular flexibility index (Phi) is 4.26. The highest BCUT2D eigenvalue weighted by molar-refractivity contribution is 9.10. The average molecular weight is 390 g/mol. The number of nitrogens with zero attached hydrogens (tertiary/aromatic N) is 5. The van der Waals surface area contributed by atoms with E-state index in [0.717, 1.165) is 32.7 Å². The molecule has 4 rings (SSSR count). The van der Waals surface area contributed by atoms with Crippen molar-refractivity contribution in [3.05, 3.63) is 77.9 Å². The molecule has 25 heavy (non-hydrogen) atoms. The number of pyridine rings is 3. The molecular formula is C19H12BrN5. The zero-order chi connectivity index (χ0) is 17.1. The molecule has 0 spiro atoms. The summed E-state index contributed by atoms with van der Waals surface area (Å²) in [4.78, 5) is 22.4. The van der Waals surface area contributed by atoms with E-state index in [1.165, 1.54) is 0 Å². The van der Waals surface area contributed by atoms with Gasteiger partial charge in [0.15, 0.2) is 5.82 Å². The minimum Gasteiger partial charge on any atom is -0.256 e. The second-order valence-electron chi connectivity index (χ2n) is 5.24. The zero-order valence-corrected chi connectivity index (χ0v) is 14.6. The minimum atomic E-state index is 0.614. The molecule has 0 aromatic carbocycles. The quantitative estimate of drug-likeness (QED) is 0.518. The smallest absolute Gasteiger partial charge is 0.159 e. The van der Waals surface area contributed by atoms with Gasteiger partial charge in [0.05, 0.1) is 21.6 Å². The van der Waals surface area contributed by atoms with Crippen LogP contribution in [0.2, 0.25) is 0 Å². The lowest BCUT2D eigenvalue weighted by Crippen LogP contribution is -1.98. The number of hydrogen-bond donors (Lipinski definition) is 0. The normalized spacial score (nSPS) is 10.6. The molecule has 4 heterocycles. The first-order valence-corrected chi connectivity index (χ1v) is 8.42. The van der Waals surface area contributed by atoms with Crippen LogP contribution in [0.1, 0.15) is 0 Å². The third kappa shape index (κ3) is 3.16. The fourth-order valence-electron chi connectivity index (χ4n) is 2.57. The van der Waals surface area contributed by atoms with Gasteiger partial charge in [-0.2, -0.15) is 0 Å². The maximum absolute atomic E-state index is 4.56. The highest BCUT2D eigenvalue weighted by Crippen LogP contribution is 2.35. The predicted molar refractivity (Wildman–Crippen MR) is 99.4 cm³/mol. The summed E-state index contributed by atoms with van der Waals surface area (Å²) >= 11 is 3.37. The molecule has 0 fully saturated rings. The minimum absolute atomic E-state index is 0.614. The van der Waals surface area contributed by atoms with Crippen LogP contribution < -0.4 is 0 Å². The van der Waals surface area contributed by atoms with Crippen LogP contribution in [0.25, 0.3) is 34.0 Å². The Morgan fingerprint density at radius 2 is 1.32 bits per heavy atom. The summed E-state index contributed by atoms with van der Waals surface area (Å²) < 4.78 is 0.828. The largest absolute Gasteiger partial charge is 0.256 e. The molecular weight excluding hydrogens is 378 g/mol. The van der Waals surface area contributed by atoms with Crippen LogP contribution in [0.5, 0.6) is 0 Å². The molecule has 0 radical (unpaired) electrons. The molecule has 4 aromatic rings. The maximum Gasteiger partial charge on any atom is 0.159 e. The van der Waals surface area contributed by atoms with Crippen molar-refractivity contribution in [3.63, 3.8) is 0 Å². The number of rotatable bonds is 3. The molecule has 0 bridgehead atoms. The Morgan fingerprint density at radius 3 is 1.96 bits per heavy atom. The molecule has 0 aliphatic heterocycles. The van der Waals surface area contributed by atoms with Crippen molar-refractivity contribution in [2.24, 2.45) is 0 Å². The van der Waals surface area contributed by atoms with E-state index in [0.29, 0.717) is 5.82 Å². The molecule has 5 nitrogen and oxygen atoms in total. The van der Waals surface area contributed by atoms with E-state index < -0.39 is 0 Å². The van der Waals surface area contributed by atoms with Gasteiger partial charge in [0, 0.05) is 42.1 Å². The predicted octanol–water partition coefficient (Wildman–Crippen LogP) is 4.43. The van der Waals surface area contributed by atoms with Crippen molar-refractivity contribution in [2.75, 3.05) is 0 Å². The van der Waals surface area contributed by atoms with Gasteiger partial charge in [-0.3, -0.25) is 15.0 Å². The van der Waals surface area contributed by atoms with Gasteiger partial charge >= 0.3 is 0 Å². The summed E-state index contributed by atoms with van der Waals surface area (Å²) in [6, 6.07) is 13.4. The van der Waals surface area contributed by atoms with E-state index >= 15 is 0 Å². The van der Waals surface area contributed by atoms with E-state index in [1.54, 1.807) is 31.0 Å². The van der Waals surface area contributed by atoms with Crippen LogP contribution >= 0.6 is 15.9 Å². The van der Waals surface area contributed by atoms with Crippen molar-refractivity contribution in [3.8, 4) is 34.0 Å². The monoisotopic (exact) mass is 389 g/mol. The van der Waals surface area contributed by atoms with Crippen LogP contribution in [-0.2, 0) is 0 Å². The number of aromatic nitrogens is 5. The van der Waals surface area contributed by atoms with Gasteiger partial charge in [-0.25, -0.2) is 9.97 Å². The number of hydrogen-bond acceptors (Lipinski definition) is 5. The molecule has 0 aliphatic rings. The fourth-order valence-corrected chi connectivity index (χ4v) is 2.77. The summed E-state index contributed by atoms with van der Waals surface area (Å²) in [5, 5.41) is 0. The summed E-state index contributed by atoms with van der Waals surface area (Å²) in [6.45, 7) is 0. The van der Waals surface area contributed by atoms with Crippen molar-refractivity contribution in [2.45, 2.75) is 0 Å². The van der Waals surface area contributed by atoms with Crippen molar-refractivity contribution in [1.82, 2.24) is 24.9 Å². The average Bonchev–Trinajstić information content (AvgIpc) is 2.69. The van der Waals surface area contributed by atoms with Gasteiger partial charge < -0.3 is 0 Å². The lowest BCUT2D eigenvalue weighted by Gasteiger charge is -2.12. The van der Waals surface area contributed by atoms with Crippen molar-refractivity contribution < 1.29 is 0 Å². The molecule has 4 aromatic heterocycles. The Hall–Kier alpha value is -2.99. The van der Waals surface area contributed by atoms with Gasteiger partial charge in [-0.05, 0) is 46.3 Å². The van der Waals surface area contributed by atoms with Gasteiger partial charge in [-0.15, -0.1) is 0 Å². The van der Waals surface area contributed by atoms with E-state index in [9.17, 15) is 0 Å². The zero-order valence-electron chi connectivity index (χ0n) is 13.0. The van der Waals surface area contributed by atoms with Gasteiger partial charge in [0.2, 0.25) is 0 Å². The van der Waals surface area contributed by atoms with Crippen LogP contribution in [0.3, 0.4) is 0 Å². The Labute approximate surface area is 153 Å². The van der Waals surface area contributed by atoms with E-state index in [2.05, 4.69) is 40.8 Å². The van der Waals surface area contributed by atoms with Crippen molar-refractivity contribution >= 4 is 15.9 Å². The molecule has 0 saturated heterocycles. The van der Waals surface area contributed by atoms with Crippen LogP contribution in [0, 0.1) is 0 Å². The molecule has 6 heteroatoms. The van der Waals surface area contributed by atoms with Gasteiger partial charge in [0.1, 0.15) is 0 Å². The standard InChI is InChI=1S/C19H12BrN5/c20-13-11-24-19(25-12-13)14-7-10-23-18(16-6-2-4-9-22-16)17(14)15-5-1-3-8-21-15/h1-12H. The molecule has 120 valence electrons. The van der Waals surface area contributed by atoms with Gasteiger partial charge in [0.25, 0.3) is 0 Å². The SMILES string of the molecule is Brc1cnc(-c2ccnc(-c3ccccn3)c2-c2ccccn2)nc1. The second kappa shape index (κ2) is 6.86. The summed E-state index contributed by atoms with van der Waals surface area (Å²) in [5.74, 6) is 0.614. The fraction of sp³-hybridized carbons (Fsp3) is 0. The maximum atomic E-state index is 4.56. The highest BCUT2D eigenvalue weighted by Gasteiger charge is 2.18. The lowest BCUT2D eigenvalue weighted by molar-refractivity contribution is 1.15. The highest BCUT2D eigenvalue weighted by atomic mass is 79.9. The third-order valence-corrected chi connectivity index (χ3v) is 4.05. The first-order chi connectivity index (χ1) is 12.3. The Balaban J connectivity index is 2.00. The van der Waals surface area contributed by atoms with Crippen molar-refractivity contribution in [1.29, 1.82) is 0 Å². The lowest BCUT2D eigenvalue weighted by atomic mass is 9.99. The Morgan fingerprint density at radius 1 is 0.640 bits per heavy atom.